The Morgan fingerprint density at radius 1 is 1.26 bits per heavy atom. The van der Waals surface area contributed by atoms with Crippen molar-refractivity contribution in [1.29, 1.82) is 0 Å². The van der Waals surface area contributed by atoms with Crippen LogP contribution in [-0.2, 0) is 19.7 Å². The van der Waals surface area contributed by atoms with Crippen molar-refractivity contribution < 1.29 is 14.3 Å². The van der Waals surface area contributed by atoms with Crippen molar-refractivity contribution in [2.45, 2.75) is 32.2 Å². The van der Waals surface area contributed by atoms with Crippen LogP contribution in [0, 0.1) is 0 Å². The Bertz CT molecular complexity index is 466. The summed E-state index contributed by atoms with van der Waals surface area (Å²) in [7, 11) is 1.29. The predicted octanol–water partition coefficient (Wildman–Crippen LogP) is 1.22. The summed E-state index contributed by atoms with van der Waals surface area (Å²) >= 11 is 0. The lowest BCUT2D eigenvalue weighted by atomic mass is 9.83. The van der Waals surface area contributed by atoms with E-state index in [2.05, 4.69) is 10.1 Å². The first-order valence-electron chi connectivity index (χ1n) is 6.04. The second kappa shape index (κ2) is 5.73. The van der Waals surface area contributed by atoms with Crippen LogP contribution in [0.4, 0.5) is 5.69 Å². The van der Waals surface area contributed by atoms with E-state index in [4.69, 9.17) is 5.73 Å². The van der Waals surface area contributed by atoms with Crippen LogP contribution in [0.3, 0.4) is 0 Å². The van der Waals surface area contributed by atoms with Gasteiger partial charge < -0.3 is 15.8 Å². The third-order valence-electron chi connectivity index (χ3n) is 3.10. The van der Waals surface area contributed by atoms with Crippen molar-refractivity contribution in [1.82, 2.24) is 5.32 Å². The minimum absolute atomic E-state index is 0.241. The highest BCUT2D eigenvalue weighted by Gasteiger charge is 2.31. The molecule has 0 fully saturated rings. The smallest absolute Gasteiger partial charge is 0.328 e. The molecule has 0 saturated heterocycles. The number of hydrogen-bond donors (Lipinski definition) is 2. The Morgan fingerprint density at radius 3 is 2.26 bits per heavy atom. The molecule has 0 saturated carbocycles. The fourth-order valence-electron chi connectivity index (χ4n) is 1.64. The summed E-state index contributed by atoms with van der Waals surface area (Å²) in [6, 6.07) is 6.42. The van der Waals surface area contributed by atoms with E-state index in [0.29, 0.717) is 5.69 Å². The van der Waals surface area contributed by atoms with Gasteiger partial charge in [-0.1, -0.05) is 12.1 Å². The number of nitrogens with one attached hydrogen (secondary N) is 1. The topological polar surface area (TPSA) is 81.4 Å². The molecule has 0 spiro atoms. The van der Waals surface area contributed by atoms with Gasteiger partial charge in [0.05, 0.1) is 12.5 Å². The summed E-state index contributed by atoms with van der Waals surface area (Å²) in [5.74, 6) is -0.711. The van der Waals surface area contributed by atoms with Crippen LogP contribution in [-0.4, -0.2) is 25.0 Å². The van der Waals surface area contributed by atoms with E-state index in [9.17, 15) is 9.59 Å². The maximum atomic E-state index is 12.2. The lowest BCUT2D eigenvalue weighted by molar-refractivity contribution is -0.145. The molecule has 5 nitrogen and oxygen atoms in total. The second-order valence-corrected chi connectivity index (χ2v) is 4.97. The summed E-state index contributed by atoms with van der Waals surface area (Å²) in [5.41, 5.74) is 6.34. The molecule has 0 heterocycles. The SMILES string of the molecule is COC(=O)[C@H](C)NC(=O)C(C)(C)c1ccc(N)cc1. The van der Waals surface area contributed by atoms with E-state index in [1.54, 1.807) is 45.0 Å². The monoisotopic (exact) mass is 264 g/mol. The first-order chi connectivity index (χ1) is 8.78. The number of carbonyl (C=O) groups is 2. The van der Waals surface area contributed by atoms with Crippen molar-refractivity contribution in [3.63, 3.8) is 0 Å². The Labute approximate surface area is 113 Å². The van der Waals surface area contributed by atoms with Crippen molar-refractivity contribution in [3.8, 4) is 0 Å². The first-order valence-corrected chi connectivity index (χ1v) is 6.04. The predicted molar refractivity (Wildman–Crippen MR) is 73.5 cm³/mol. The van der Waals surface area contributed by atoms with Crippen molar-refractivity contribution in [2.24, 2.45) is 0 Å². The maximum absolute atomic E-state index is 12.2. The van der Waals surface area contributed by atoms with Gasteiger partial charge in [-0.15, -0.1) is 0 Å². The lowest BCUT2D eigenvalue weighted by Gasteiger charge is -2.25. The van der Waals surface area contributed by atoms with Crippen LogP contribution in [0.2, 0.25) is 0 Å². The number of hydrogen-bond acceptors (Lipinski definition) is 4. The molecule has 0 bridgehead atoms. The van der Waals surface area contributed by atoms with Crippen LogP contribution < -0.4 is 11.1 Å². The molecular formula is C14H20N2O3. The number of benzene rings is 1. The molecule has 0 unspecified atom stereocenters. The Balaban J connectivity index is 2.85. The van der Waals surface area contributed by atoms with Gasteiger partial charge in [-0.3, -0.25) is 4.79 Å². The van der Waals surface area contributed by atoms with Gasteiger partial charge in [0, 0.05) is 5.69 Å². The zero-order chi connectivity index (χ0) is 14.6. The summed E-state index contributed by atoms with van der Waals surface area (Å²) in [6.07, 6.45) is 0. The molecule has 1 rings (SSSR count). The van der Waals surface area contributed by atoms with Gasteiger partial charge in [0.25, 0.3) is 0 Å². The van der Waals surface area contributed by atoms with Crippen LogP contribution in [0.5, 0.6) is 0 Å². The molecule has 1 aromatic rings. The average molecular weight is 264 g/mol. The minimum atomic E-state index is -0.754. The molecule has 0 radical (unpaired) electrons. The summed E-state index contributed by atoms with van der Waals surface area (Å²) in [5, 5.41) is 2.64. The van der Waals surface area contributed by atoms with Crippen LogP contribution in [0.15, 0.2) is 24.3 Å². The van der Waals surface area contributed by atoms with Gasteiger partial charge in [0.1, 0.15) is 6.04 Å². The fraction of sp³-hybridized carbons (Fsp3) is 0.429. The standard InChI is InChI=1S/C14H20N2O3/c1-9(12(17)19-4)16-13(18)14(2,3)10-5-7-11(15)8-6-10/h5-9H,15H2,1-4H3,(H,16,18)/t9-/m0/s1. The molecule has 0 aliphatic rings. The van der Waals surface area contributed by atoms with E-state index in [1.165, 1.54) is 7.11 Å². The van der Waals surface area contributed by atoms with Crippen molar-refractivity contribution >= 4 is 17.6 Å². The van der Waals surface area contributed by atoms with Crippen molar-refractivity contribution in [3.05, 3.63) is 29.8 Å². The number of nitrogens with two attached hydrogens (primary N) is 1. The van der Waals surface area contributed by atoms with E-state index in [1.807, 2.05) is 0 Å². The van der Waals surface area contributed by atoms with E-state index in [0.717, 1.165) is 5.56 Å². The molecule has 19 heavy (non-hydrogen) atoms. The van der Waals surface area contributed by atoms with Gasteiger partial charge in [-0.2, -0.15) is 0 Å². The number of esters is 1. The van der Waals surface area contributed by atoms with Crippen LogP contribution >= 0.6 is 0 Å². The highest BCUT2D eigenvalue weighted by atomic mass is 16.5. The lowest BCUT2D eigenvalue weighted by Crippen LogP contribution is -2.47. The zero-order valence-electron chi connectivity index (χ0n) is 11.7. The Kier molecular flexibility index (Phi) is 4.53. The molecule has 0 aliphatic heterocycles. The number of anilines is 1. The van der Waals surface area contributed by atoms with Gasteiger partial charge in [0.2, 0.25) is 5.91 Å². The van der Waals surface area contributed by atoms with E-state index in [-0.39, 0.29) is 5.91 Å². The molecule has 5 heteroatoms. The van der Waals surface area contributed by atoms with Gasteiger partial charge >= 0.3 is 5.97 Å². The normalized spacial score (nSPS) is 12.6. The number of amides is 1. The average Bonchev–Trinajstić information content (AvgIpc) is 2.38. The van der Waals surface area contributed by atoms with Gasteiger partial charge in [-0.05, 0) is 38.5 Å². The number of rotatable bonds is 4. The summed E-state index contributed by atoms with van der Waals surface area (Å²) in [6.45, 7) is 5.17. The van der Waals surface area contributed by atoms with Gasteiger partial charge in [-0.25, -0.2) is 4.79 Å². The summed E-state index contributed by atoms with van der Waals surface area (Å²) < 4.78 is 4.58. The van der Waals surface area contributed by atoms with Crippen molar-refractivity contribution in [2.75, 3.05) is 12.8 Å². The highest BCUT2D eigenvalue weighted by Crippen LogP contribution is 2.24. The fourth-order valence-corrected chi connectivity index (χ4v) is 1.64. The number of methoxy groups -OCH3 is 1. The molecule has 1 atom stereocenters. The Morgan fingerprint density at radius 2 is 1.79 bits per heavy atom. The Hall–Kier alpha value is -2.04. The van der Waals surface area contributed by atoms with Crippen LogP contribution in [0.25, 0.3) is 0 Å². The highest BCUT2D eigenvalue weighted by molar-refractivity contribution is 5.91. The molecule has 0 aromatic heterocycles. The number of nitrogen functional groups attached to an aromatic ring is 1. The van der Waals surface area contributed by atoms with Gasteiger partial charge in [0.15, 0.2) is 0 Å². The summed E-state index contributed by atoms with van der Waals surface area (Å²) in [4.78, 5) is 23.5. The van der Waals surface area contributed by atoms with Crippen LogP contribution in [0.1, 0.15) is 26.3 Å². The third kappa shape index (κ3) is 3.47. The first kappa shape index (κ1) is 15.0. The second-order valence-electron chi connectivity index (χ2n) is 4.97. The molecule has 1 aromatic carbocycles. The molecule has 104 valence electrons. The van der Waals surface area contributed by atoms with E-state index < -0.39 is 17.4 Å². The molecule has 1 amide bonds. The minimum Gasteiger partial charge on any atom is -0.467 e. The zero-order valence-corrected chi connectivity index (χ0v) is 11.7. The largest absolute Gasteiger partial charge is 0.467 e. The molecule has 3 N–H and O–H groups in total. The number of ether oxygens (including phenoxy) is 1. The quantitative estimate of drug-likeness (QED) is 0.633. The third-order valence-corrected chi connectivity index (χ3v) is 3.10. The molecule has 0 aliphatic carbocycles. The maximum Gasteiger partial charge on any atom is 0.328 e. The molecular weight excluding hydrogens is 244 g/mol. The van der Waals surface area contributed by atoms with E-state index >= 15 is 0 Å². The number of carbonyl (C=O) groups excluding carboxylic acids is 2.